The molecule has 172 valence electrons. The molecule has 0 radical (unpaired) electrons. The first-order chi connectivity index (χ1) is 16.6. The van der Waals surface area contributed by atoms with Gasteiger partial charge in [0.2, 0.25) is 5.91 Å². The van der Waals surface area contributed by atoms with Crippen LogP contribution in [0.15, 0.2) is 78.8 Å². The van der Waals surface area contributed by atoms with Crippen molar-refractivity contribution in [3.05, 3.63) is 95.6 Å². The fourth-order valence-corrected chi connectivity index (χ4v) is 4.70. The molecule has 1 aromatic heterocycles. The van der Waals surface area contributed by atoms with E-state index in [1.54, 1.807) is 13.4 Å². The molecule has 1 fully saturated rings. The Bertz CT molecular complexity index is 1360. The van der Waals surface area contributed by atoms with Gasteiger partial charge in [0, 0.05) is 24.9 Å². The summed E-state index contributed by atoms with van der Waals surface area (Å²) >= 11 is 0. The third-order valence-electron chi connectivity index (χ3n) is 6.46. The van der Waals surface area contributed by atoms with Gasteiger partial charge in [-0.05, 0) is 66.3 Å². The predicted molar refractivity (Wildman–Crippen MR) is 136 cm³/mol. The average molecular weight is 452 g/mol. The topological polar surface area (TPSA) is 47.4 Å². The molecule has 3 aromatic carbocycles. The summed E-state index contributed by atoms with van der Waals surface area (Å²) in [5, 5.41) is 2.42. The van der Waals surface area contributed by atoms with Gasteiger partial charge in [0.05, 0.1) is 24.8 Å². The number of rotatable bonds is 5. The van der Waals surface area contributed by atoms with Gasteiger partial charge in [-0.2, -0.15) is 0 Å². The van der Waals surface area contributed by atoms with Crippen molar-refractivity contribution in [2.75, 3.05) is 13.7 Å². The van der Waals surface area contributed by atoms with E-state index in [2.05, 4.69) is 47.4 Å². The Labute approximate surface area is 200 Å². The van der Waals surface area contributed by atoms with Crippen molar-refractivity contribution in [1.29, 1.82) is 0 Å². The highest BCUT2D eigenvalue weighted by Crippen LogP contribution is 2.28. The van der Waals surface area contributed by atoms with Crippen molar-refractivity contribution in [3.63, 3.8) is 0 Å². The smallest absolute Gasteiger partial charge is 0.250 e. The van der Waals surface area contributed by atoms with Crippen molar-refractivity contribution < 1.29 is 9.53 Å². The van der Waals surface area contributed by atoms with Crippen LogP contribution in [0.2, 0.25) is 0 Å². The quantitative estimate of drug-likeness (QED) is 0.353. The Hall–Kier alpha value is -3.86. The Kier molecular flexibility index (Phi) is 6.17. The molecule has 2 heterocycles. The SMILES string of the molecule is COc1cc(C=C2CCCCN(Cc3cccc4ccccc34)C2=O)ccc1-n1cnc(C)c1. The molecule has 5 rings (SSSR count). The number of hydrogen-bond acceptors (Lipinski definition) is 3. The van der Waals surface area contributed by atoms with Crippen LogP contribution in [0.3, 0.4) is 0 Å². The zero-order valence-corrected chi connectivity index (χ0v) is 19.7. The second-order valence-corrected chi connectivity index (χ2v) is 8.85. The molecule has 5 nitrogen and oxygen atoms in total. The molecule has 1 aliphatic heterocycles. The van der Waals surface area contributed by atoms with Crippen molar-refractivity contribution in [1.82, 2.24) is 14.5 Å². The monoisotopic (exact) mass is 451 g/mol. The van der Waals surface area contributed by atoms with E-state index in [0.29, 0.717) is 6.54 Å². The maximum atomic E-state index is 13.5. The number of aryl methyl sites for hydroxylation is 1. The first-order valence-electron chi connectivity index (χ1n) is 11.8. The van der Waals surface area contributed by atoms with Crippen LogP contribution >= 0.6 is 0 Å². The Balaban J connectivity index is 1.43. The largest absolute Gasteiger partial charge is 0.495 e. The van der Waals surface area contributed by atoms with E-state index in [9.17, 15) is 4.79 Å². The van der Waals surface area contributed by atoms with Gasteiger partial charge in [0.15, 0.2) is 0 Å². The molecular formula is C29H29N3O2. The van der Waals surface area contributed by atoms with E-state index in [-0.39, 0.29) is 5.91 Å². The first kappa shape index (κ1) is 22.0. The number of aromatic nitrogens is 2. The summed E-state index contributed by atoms with van der Waals surface area (Å²) in [7, 11) is 1.67. The summed E-state index contributed by atoms with van der Waals surface area (Å²) in [6.45, 7) is 3.37. The number of likely N-dealkylation sites (tertiary alicyclic amines) is 1. The molecule has 1 saturated heterocycles. The number of carbonyl (C=O) groups excluding carboxylic acids is 1. The number of imidazole rings is 1. The van der Waals surface area contributed by atoms with Crippen LogP contribution in [0.4, 0.5) is 0 Å². The number of nitrogens with zero attached hydrogens (tertiary/aromatic N) is 3. The number of carbonyl (C=O) groups is 1. The minimum Gasteiger partial charge on any atom is -0.495 e. The number of hydrogen-bond donors (Lipinski definition) is 0. The van der Waals surface area contributed by atoms with Crippen LogP contribution < -0.4 is 4.74 Å². The van der Waals surface area contributed by atoms with Gasteiger partial charge in [0.1, 0.15) is 5.75 Å². The first-order valence-corrected chi connectivity index (χ1v) is 11.8. The Morgan fingerprint density at radius 3 is 2.74 bits per heavy atom. The average Bonchev–Trinajstić information content (AvgIpc) is 3.23. The fraction of sp³-hybridized carbons (Fsp3) is 0.241. The number of amides is 1. The van der Waals surface area contributed by atoms with Crippen LogP contribution in [0, 0.1) is 6.92 Å². The molecular weight excluding hydrogens is 422 g/mol. The minimum atomic E-state index is 0.124. The molecule has 0 aliphatic carbocycles. The maximum absolute atomic E-state index is 13.5. The van der Waals surface area contributed by atoms with Crippen molar-refractivity contribution in [2.45, 2.75) is 32.7 Å². The van der Waals surface area contributed by atoms with Crippen LogP contribution in [0.1, 0.15) is 36.1 Å². The number of fused-ring (bicyclic) bond motifs is 1. The number of benzene rings is 3. The molecule has 1 amide bonds. The Morgan fingerprint density at radius 1 is 1.06 bits per heavy atom. The summed E-state index contributed by atoms with van der Waals surface area (Å²) in [6.07, 6.45) is 8.58. The molecule has 0 spiro atoms. The zero-order chi connectivity index (χ0) is 23.5. The van der Waals surface area contributed by atoms with E-state index in [4.69, 9.17) is 4.74 Å². The van der Waals surface area contributed by atoms with Crippen molar-refractivity contribution in [3.8, 4) is 11.4 Å². The summed E-state index contributed by atoms with van der Waals surface area (Å²) in [5.41, 5.74) is 4.88. The van der Waals surface area contributed by atoms with Crippen LogP contribution in [0.5, 0.6) is 5.75 Å². The summed E-state index contributed by atoms with van der Waals surface area (Å²) < 4.78 is 7.61. The molecule has 34 heavy (non-hydrogen) atoms. The van der Waals surface area contributed by atoms with Crippen LogP contribution in [-0.2, 0) is 11.3 Å². The van der Waals surface area contributed by atoms with E-state index < -0.39 is 0 Å². The summed E-state index contributed by atoms with van der Waals surface area (Å²) in [6, 6.07) is 20.7. The van der Waals surface area contributed by atoms with Gasteiger partial charge in [0.25, 0.3) is 0 Å². The third kappa shape index (κ3) is 4.46. The highest BCUT2D eigenvalue weighted by molar-refractivity contribution is 5.98. The van der Waals surface area contributed by atoms with E-state index in [1.807, 2.05) is 46.9 Å². The lowest BCUT2D eigenvalue weighted by atomic mass is 10.0. The third-order valence-corrected chi connectivity index (χ3v) is 6.46. The molecule has 0 saturated carbocycles. The normalized spacial score (nSPS) is 15.6. The standard InChI is InChI=1S/C29H29N3O2/c1-21-18-32(20-30-21)27-14-13-22(17-28(27)34-2)16-24-9-5-6-15-31(29(24)33)19-25-11-7-10-23-8-3-4-12-26(23)25/h3-4,7-8,10-14,16-18,20H,5-6,9,15,19H2,1-2H3. The van der Waals surface area contributed by atoms with Crippen LogP contribution in [0.25, 0.3) is 22.5 Å². The van der Waals surface area contributed by atoms with Gasteiger partial charge in [-0.25, -0.2) is 4.98 Å². The number of methoxy groups -OCH3 is 1. The Morgan fingerprint density at radius 2 is 1.91 bits per heavy atom. The molecule has 5 heteroatoms. The van der Waals surface area contributed by atoms with Crippen LogP contribution in [-0.4, -0.2) is 34.0 Å². The van der Waals surface area contributed by atoms with Gasteiger partial charge < -0.3 is 14.2 Å². The van der Waals surface area contributed by atoms with E-state index in [1.165, 1.54) is 16.3 Å². The highest BCUT2D eigenvalue weighted by Gasteiger charge is 2.22. The molecule has 1 aliphatic rings. The second kappa shape index (κ2) is 9.56. The molecule has 0 unspecified atom stereocenters. The number of ether oxygens (including phenoxy) is 1. The van der Waals surface area contributed by atoms with E-state index in [0.717, 1.165) is 54.1 Å². The predicted octanol–water partition coefficient (Wildman–Crippen LogP) is 5.94. The van der Waals surface area contributed by atoms with Gasteiger partial charge in [-0.1, -0.05) is 48.5 Å². The maximum Gasteiger partial charge on any atom is 0.250 e. The second-order valence-electron chi connectivity index (χ2n) is 8.85. The summed E-state index contributed by atoms with van der Waals surface area (Å²) in [4.78, 5) is 19.9. The lowest BCUT2D eigenvalue weighted by Gasteiger charge is -2.22. The van der Waals surface area contributed by atoms with Crippen molar-refractivity contribution >= 4 is 22.8 Å². The van der Waals surface area contributed by atoms with Gasteiger partial charge in [-0.3, -0.25) is 4.79 Å². The highest BCUT2D eigenvalue weighted by atomic mass is 16.5. The van der Waals surface area contributed by atoms with Gasteiger partial charge in [-0.15, -0.1) is 0 Å². The van der Waals surface area contributed by atoms with E-state index >= 15 is 0 Å². The molecule has 4 aromatic rings. The molecule has 0 bridgehead atoms. The lowest BCUT2D eigenvalue weighted by Crippen LogP contribution is -2.31. The minimum absolute atomic E-state index is 0.124. The van der Waals surface area contributed by atoms with Gasteiger partial charge >= 0.3 is 0 Å². The molecule has 0 N–H and O–H groups in total. The fourth-order valence-electron chi connectivity index (χ4n) is 4.70. The lowest BCUT2D eigenvalue weighted by molar-refractivity contribution is -0.127. The molecule has 0 atom stereocenters. The summed E-state index contributed by atoms with van der Waals surface area (Å²) in [5.74, 6) is 0.874. The van der Waals surface area contributed by atoms with Crippen molar-refractivity contribution in [2.24, 2.45) is 0 Å². The zero-order valence-electron chi connectivity index (χ0n) is 19.7.